The lowest BCUT2D eigenvalue weighted by atomic mass is 10.1. The molecule has 3 amide bonds. The molecule has 0 aliphatic heterocycles. The molecule has 2 N–H and O–H groups in total. The Kier molecular flexibility index (Phi) is 6.28. The summed E-state index contributed by atoms with van der Waals surface area (Å²) in [6, 6.07) is 14.8. The Labute approximate surface area is 146 Å². The third-order valence-electron chi connectivity index (χ3n) is 3.63. The van der Waals surface area contributed by atoms with Gasteiger partial charge in [0.15, 0.2) is 0 Å². The van der Waals surface area contributed by atoms with Gasteiger partial charge in [-0.15, -0.1) is 0 Å². The van der Waals surface area contributed by atoms with Crippen LogP contribution < -0.4 is 10.6 Å². The number of imide groups is 1. The number of aryl methyl sites for hydroxylation is 1. The predicted octanol–water partition coefficient (Wildman–Crippen LogP) is 2.60. The van der Waals surface area contributed by atoms with Crippen molar-refractivity contribution in [3.05, 3.63) is 71.3 Å². The molecule has 0 saturated carbocycles. The molecule has 2 aromatic rings. The van der Waals surface area contributed by atoms with Crippen LogP contribution in [0.4, 0.5) is 4.79 Å². The molecule has 1 atom stereocenters. The summed E-state index contributed by atoms with van der Waals surface area (Å²) in [6.45, 7) is 2.02. The molecule has 0 aliphatic rings. The fourth-order valence-electron chi connectivity index (χ4n) is 2.19. The van der Waals surface area contributed by atoms with Crippen molar-refractivity contribution in [2.24, 2.45) is 0 Å². The van der Waals surface area contributed by atoms with Gasteiger partial charge in [0.2, 0.25) is 6.10 Å². The molecule has 0 radical (unpaired) electrons. The average Bonchev–Trinajstić information content (AvgIpc) is 2.66. The fraction of sp³-hybridized carbons (Fsp3) is 0.211. The molecule has 0 fully saturated rings. The maximum Gasteiger partial charge on any atom is 0.339 e. The molecule has 0 aromatic heterocycles. The van der Waals surface area contributed by atoms with Crippen LogP contribution in [-0.4, -0.2) is 25.0 Å². The minimum atomic E-state index is -1.23. The molecule has 0 spiro atoms. The van der Waals surface area contributed by atoms with Crippen molar-refractivity contribution >= 4 is 17.9 Å². The van der Waals surface area contributed by atoms with Gasteiger partial charge in [-0.2, -0.15) is 0 Å². The van der Waals surface area contributed by atoms with Gasteiger partial charge in [-0.1, -0.05) is 49.4 Å². The third kappa shape index (κ3) is 4.91. The summed E-state index contributed by atoms with van der Waals surface area (Å²) in [4.78, 5) is 36.1. The molecule has 25 heavy (non-hydrogen) atoms. The minimum absolute atomic E-state index is 0.339. The zero-order valence-corrected chi connectivity index (χ0v) is 14.1. The number of rotatable bonds is 5. The van der Waals surface area contributed by atoms with E-state index < -0.39 is 24.0 Å². The van der Waals surface area contributed by atoms with Gasteiger partial charge in [-0.3, -0.25) is 10.1 Å². The zero-order valence-electron chi connectivity index (χ0n) is 14.1. The Bertz CT molecular complexity index is 742. The summed E-state index contributed by atoms with van der Waals surface area (Å²) in [5, 5.41) is 4.43. The first kappa shape index (κ1) is 18.2. The van der Waals surface area contributed by atoms with Crippen LogP contribution in [0.1, 0.15) is 34.5 Å². The van der Waals surface area contributed by atoms with Crippen molar-refractivity contribution in [2.75, 3.05) is 7.05 Å². The van der Waals surface area contributed by atoms with Crippen LogP contribution in [0.2, 0.25) is 0 Å². The number of urea groups is 1. The summed E-state index contributed by atoms with van der Waals surface area (Å²) < 4.78 is 5.37. The van der Waals surface area contributed by atoms with Gasteiger partial charge in [0.05, 0.1) is 5.56 Å². The number of hydrogen-bond acceptors (Lipinski definition) is 4. The lowest BCUT2D eigenvalue weighted by molar-refractivity contribution is -0.129. The van der Waals surface area contributed by atoms with Gasteiger partial charge in [-0.25, -0.2) is 9.59 Å². The highest BCUT2D eigenvalue weighted by molar-refractivity contribution is 5.99. The number of amides is 3. The number of esters is 1. The van der Waals surface area contributed by atoms with Crippen LogP contribution in [0.25, 0.3) is 0 Å². The summed E-state index contributed by atoms with van der Waals surface area (Å²) in [5.74, 6) is -1.35. The molecule has 0 heterocycles. The summed E-state index contributed by atoms with van der Waals surface area (Å²) in [5.41, 5.74) is 1.90. The second-order valence-corrected chi connectivity index (χ2v) is 5.31. The Morgan fingerprint density at radius 2 is 1.64 bits per heavy atom. The van der Waals surface area contributed by atoms with E-state index >= 15 is 0 Å². The summed E-state index contributed by atoms with van der Waals surface area (Å²) in [6.07, 6.45) is -0.367. The van der Waals surface area contributed by atoms with Crippen LogP contribution in [0.5, 0.6) is 0 Å². The first-order chi connectivity index (χ1) is 12.0. The molecule has 2 rings (SSSR count). The van der Waals surface area contributed by atoms with E-state index in [9.17, 15) is 14.4 Å². The Morgan fingerprint density at radius 3 is 2.20 bits per heavy atom. The number of benzene rings is 2. The van der Waals surface area contributed by atoms with E-state index in [4.69, 9.17) is 4.74 Å². The molecular formula is C19H20N2O4. The Balaban J connectivity index is 2.21. The third-order valence-corrected chi connectivity index (χ3v) is 3.63. The van der Waals surface area contributed by atoms with Gasteiger partial charge < -0.3 is 10.1 Å². The van der Waals surface area contributed by atoms with E-state index in [2.05, 4.69) is 10.6 Å². The Morgan fingerprint density at radius 1 is 1.00 bits per heavy atom. The maximum absolute atomic E-state index is 12.4. The van der Waals surface area contributed by atoms with Crippen molar-refractivity contribution in [2.45, 2.75) is 19.4 Å². The molecular weight excluding hydrogens is 320 g/mol. The average molecular weight is 340 g/mol. The zero-order chi connectivity index (χ0) is 18.2. The summed E-state index contributed by atoms with van der Waals surface area (Å²) in [7, 11) is 1.39. The van der Waals surface area contributed by atoms with E-state index in [1.165, 1.54) is 7.05 Å². The van der Waals surface area contributed by atoms with Crippen LogP contribution in [0.15, 0.2) is 54.6 Å². The predicted molar refractivity (Wildman–Crippen MR) is 93.0 cm³/mol. The second-order valence-electron chi connectivity index (χ2n) is 5.31. The van der Waals surface area contributed by atoms with Crippen LogP contribution in [0.3, 0.4) is 0 Å². The lowest BCUT2D eigenvalue weighted by Crippen LogP contribution is -2.41. The molecule has 6 nitrogen and oxygen atoms in total. The summed E-state index contributed by atoms with van der Waals surface area (Å²) >= 11 is 0. The first-order valence-electron chi connectivity index (χ1n) is 7.92. The van der Waals surface area contributed by atoms with Gasteiger partial charge in [-0.05, 0) is 24.1 Å². The quantitative estimate of drug-likeness (QED) is 0.820. The van der Waals surface area contributed by atoms with Crippen molar-refractivity contribution in [3.63, 3.8) is 0 Å². The molecule has 0 saturated heterocycles. The highest BCUT2D eigenvalue weighted by atomic mass is 16.5. The number of nitrogens with one attached hydrogen (secondary N) is 2. The molecule has 0 unspecified atom stereocenters. The van der Waals surface area contributed by atoms with E-state index in [1.54, 1.807) is 42.5 Å². The van der Waals surface area contributed by atoms with Crippen molar-refractivity contribution < 1.29 is 19.1 Å². The van der Waals surface area contributed by atoms with E-state index in [-0.39, 0.29) is 0 Å². The smallest absolute Gasteiger partial charge is 0.339 e. The molecule has 130 valence electrons. The van der Waals surface area contributed by atoms with Crippen LogP contribution >= 0.6 is 0 Å². The van der Waals surface area contributed by atoms with E-state index in [0.29, 0.717) is 11.1 Å². The molecule has 0 bridgehead atoms. The fourth-order valence-corrected chi connectivity index (χ4v) is 2.19. The van der Waals surface area contributed by atoms with Crippen molar-refractivity contribution in [3.8, 4) is 0 Å². The second kappa shape index (κ2) is 8.63. The van der Waals surface area contributed by atoms with Crippen molar-refractivity contribution in [1.29, 1.82) is 0 Å². The SMILES string of the molecule is CCc1ccc(C(=O)O[C@@H](C(=O)NC(=O)NC)c2ccccc2)cc1. The maximum atomic E-state index is 12.4. The van der Waals surface area contributed by atoms with Crippen LogP contribution in [-0.2, 0) is 16.0 Å². The van der Waals surface area contributed by atoms with Gasteiger partial charge >= 0.3 is 12.0 Å². The van der Waals surface area contributed by atoms with Gasteiger partial charge in [0.1, 0.15) is 0 Å². The number of carbonyl (C=O) groups is 3. The molecule has 2 aromatic carbocycles. The largest absolute Gasteiger partial charge is 0.444 e. The number of ether oxygens (including phenoxy) is 1. The minimum Gasteiger partial charge on any atom is -0.444 e. The van der Waals surface area contributed by atoms with E-state index in [1.807, 2.05) is 19.1 Å². The first-order valence-corrected chi connectivity index (χ1v) is 7.92. The van der Waals surface area contributed by atoms with Gasteiger partial charge in [0.25, 0.3) is 5.91 Å². The number of hydrogen-bond donors (Lipinski definition) is 2. The number of carbonyl (C=O) groups excluding carboxylic acids is 3. The molecule has 6 heteroatoms. The topological polar surface area (TPSA) is 84.5 Å². The van der Waals surface area contributed by atoms with E-state index in [0.717, 1.165) is 12.0 Å². The molecule has 0 aliphatic carbocycles. The standard InChI is InChI=1S/C19H20N2O4/c1-3-13-9-11-15(12-10-13)18(23)25-16(14-7-5-4-6-8-14)17(22)21-19(24)20-2/h4-12,16H,3H2,1-2H3,(H2,20,21,22,24)/t16-/m1/s1. The van der Waals surface area contributed by atoms with Crippen LogP contribution in [0, 0.1) is 0 Å². The monoisotopic (exact) mass is 340 g/mol. The normalized spacial score (nSPS) is 11.3. The van der Waals surface area contributed by atoms with Crippen molar-refractivity contribution in [1.82, 2.24) is 10.6 Å². The highest BCUT2D eigenvalue weighted by Gasteiger charge is 2.26. The highest BCUT2D eigenvalue weighted by Crippen LogP contribution is 2.20. The van der Waals surface area contributed by atoms with Gasteiger partial charge in [0, 0.05) is 12.6 Å². The Hall–Kier alpha value is -3.15. The lowest BCUT2D eigenvalue weighted by Gasteiger charge is -2.17.